The molecule has 0 spiro atoms. The highest BCUT2D eigenvalue weighted by molar-refractivity contribution is 7.10. The van der Waals surface area contributed by atoms with Crippen molar-refractivity contribution in [1.29, 1.82) is 0 Å². The molecule has 2 aromatic heterocycles. The normalized spacial score (nSPS) is 11.7. The predicted molar refractivity (Wildman–Crippen MR) is 92.4 cm³/mol. The molecule has 21 heavy (non-hydrogen) atoms. The Morgan fingerprint density at radius 1 is 1.29 bits per heavy atom. The average molecular weight is 323 g/mol. The van der Waals surface area contributed by atoms with Crippen LogP contribution in [0.25, 0.3) is 0 Å². The van der Waals surface area contributed by atoms with Crippen LogP contribution in [0.5, 0.6) is 0 Å². The summed E-state index contributed by atoms with van der Waals surface area (Å²) in [6.45, 7) is 5.91. The zero-order valence-corrected chi connectivity index (χ0v) is 14.4. The number of thiophene rings is 1. The van der Waals surface area contributed by atoms with Gasteiger partial charge in [0.1, 0.15) is 0 Å². The van der Waals surface area contributed by atoms with Crippen molar-refractivity contribution in [2.45, 2.75) is 33.2 Å². The van der Waals surface area contributed by atoms with Crippen LogP contribution in [0.3, 0.4) is 0 Å². The van der Waals surface area contributed by atoms with Crippen LogP contribution in [-0.4, -0.2) is 24.5 Å². The number of aromatic nitrogens is 1. The van der Waals surface area contributed by atoms with Gasteiger partial charge in [0, 0.05) is 36.0 Å². The minimum absolute atomic E-state index is 0.828. The van der Waals surface area contributed by atoms with E-state index in [0.717, 1.165) is 37.6 Å². The van der Waals surface area contributed by atoms with Gasteiger partial charge in [-0.3, -0.25) is 4.99 Å². The molecule has 0 saturated heterocycles. The molecule has 0 aromatic carbocycles. The first kappa shape index (κ1) is 16.0. The largest absolute Gasteiger partial charge is 0.356 e. The summed E-state index contributed by atoms with van der Waals surface area (Å²) in [4.78, 5) is 10.1. The highest BCUT2D eigenvalue weighted by Gasteiger charge is 2.02. The topological polar surface area (TPSA) is 49.3 Å². The number of guanidine groups is 1. The average Bonchev–Trinajstić information content (AvgIpc) is 3.07. The zero-order chi connectivity index (χ0) is 15.1. The number of aryl methyl sites for hydroxylation is 3. The lowest BCUT2D eigenvalue weighted by Gasteiger charge is -2.11. The van der Waals surface area contributed by atoms with Gasteiger partial charge in [-0.1, -0.05) is 0 Å². The maximum Gasteiger partial charge on any atom is 0.191 e. The van der Waals surface area contributed by atoms with Gasteiger partial charge in [-0.2, -0.15) is 0 Å². The number of rotatable bonds is 6. The van der Waals surface area contributed by atoms with Crippen LogP contribution in [0.4, 0.5) is 0 Å². The molecule has 2 rings (SSSR count). The summed E-state index contributed by atoms with van der Waals surface area (Å²) in [6.07, 6.45) is 2.08. The van der Waals surface area contributed by atoms with Crippen molar-refractivity contribution in [3.63, 3.8) is 0 Å². The van der Waals surface area contributed by atoms with E-state index >= 15 is 0 Å². The van der Waals surface area contributed by atoms with Gasteiger partial charge in [-0.05, 0) is 37.3 Å². The standard InChI is InChI=1S/C15H22N4S2/c1-11-6-8-20-13(11)9-18-15(16-3)17-7-4-5-14-19-12(2)10-21-14/h6,8,10H,4-5,7,9H2,1-3H3,(H2,16,17,18). The molecule has 6 heteroatoms. The Hall–Kier alpha value is -1.40. The van der Waals surface area contributed by atoms with E-state index in [-0.39, 0.29) is 0 Å². The minimum Gasteiger partial charge on any atom is -0.356 e. The quantitative estimate of drug-likeness (QED) is 0.488. The first-order chi connectivity index (χ1) is 10.2. The summed E-state index contributed by atoms with van der Waals surface area (Å²) in [5.41, 5.74) is 2.45. The van der Waals surface area contributed by atoms with E-state index in [2.05, 4.69) is 44.4 Å². The zero-order valence-electron chi connectivity index (χ0n) is 12.8. The molecule has 4 nitrogen and oxygen atoms in total. The third-order valence-corrected chi connectivity index (χ3v) is 5.18. The maximum absolute atomic E-state index is 4.47. The molecule has 0 radical (unpaired) electrons. The molecule has 0 saturated carbocycles. The molecule has 2 heterocycles. The van der Waals surface area contributed by atoms with Crippen molar-refractivity contribution >= 4 is 28.6 Å². The monoisotopic (exact) mass is 322 g/mol. The molecule has 0 aliphatic rings. The van der Waals surface area contributed by atoms with Gasteiger partial charge in [0.2, 0.25) is 0 Å². The third-order valence-electron chi connectivity index (χ3n) is 3.13. The van der Waals surface area contributed by atoms with Crippen molar-refractivity contribution in [2.24, 2.45) is 4.99 Å². The molecule has 0 bridgehead atoms. The van der Waals surface area contributed by atoms with Crippen LogP contribution in [0.15, 0.2) is 21.8 Å². The molecular formula is C15H22N4S2. The molecule has 0 atom stereocenters. The molecular weight excluding hydrogens is 300 g/mol. The predicted octanol–water partition coefficient (Wildman–Crippen LogP) is 3.12. The Labute approximate surface area is 134 Å². The maximum atomic E-state index is 4.47. The van der Waals surface area contributed by atoms with Gasteiger partial charge in [-0.15, -0.1) is 22.7 Å². The van der Waals surface area contributed by atoms with Gasteiger partial charge in [-0.25, -0.2) is 4.98 Å². The molecule has 114 valence electrons. The van der Waals surface area contributed by atoms with Gasteiger partial charge in [0.05, 0.1) is 11.6 Å². The van der Waals surface area contributed by atoms with Crippen LogP contribution in [-0.2, 0) is 13.0 Å². The first-order valence-electron chi connectivity index (χ1n) is 7.07. The van der Waals surface area contributed by atoms with Crippen molar-refractivity contribution in [2.75, 3.05) is 13.6 Å². The SMILES string of the molecule is CN=C(NCCCc1nc(C)cs1)NCc1sccc1C. The summed E-state index contributed by atoms with van der Waals surface area (Å²) in [7, 11) is 1.81. The number of hydrogen-bond acceptors (Lipinski definition) is 4. The third kappa shape index (κ3) is 5.13. The van der Waals surface area contributed by atoms with Gasteiger partial charge in [0.15, 0.2) is 5.96 Å². The summed E-state index contributed by atoms with van der Waals surface area (Å²) in [5, 5.41) is 12.1. The lowest BCUT2D eigenvalue weighted by atomic mass is 10.3. The Bertz CT molecular complexity index is 586. The number of thiazole rings is 1. The second-order valence-electron chi connectivity index (χ2n) is 4.87. The molecule has 0 aliphatic carbocycles. The fourth-order valence-electron chi connectivity index (χ4n) is 1.93. The lowest BCUT2D eigenvalue weighted by molar-refractivity contribution is 0.740. The Morgan fingerprint density at radius 2 is 2.14 bits per heavy atom. The van der Waals surface area contributed by atoms with Crippen LogP contribution in [0, 0.1) is 13.8 Å². The second-order valence-corrected chi connectivity index (χ2v) is 6.81. The van der Waals surface area contributed by atoms with Crippen LogP contribution < -0.4 is 10.6 Å². The second kappa shape index (κ2) is 8.14. The van der Waals surface area contributed by atoms with Crippen LogP contribution >= 0.6 is 22.7 Å². The lowest BCUT2D eigenvalue weighted by Crippen LogP contribution is -2.37. The molecule has 0 aliphatic heterocycles. The summed E-state index contributed by atoms with van der Waals surface area (Å²) in [5.74, 6) is 0.859. The van der Waals surface area contributed by atoms with E-state index in [0.29, 0.717) is 0 Å². The van der Waals surface area contributed by atoms with Crippen molar-refractivity contribution in [3.8, 4) is 0 Å². The summed E-state index contributed by atoms with van der Waals surface area (Å²) in [6, 6.07) is 2.15. The highest BCUT2D eigenvalue weighted by atomic mass is 32.1. The summed E-state index contributed by atoms with van der Waals surface area (Å²) < 4.78 is 0. The van der Waals surface area contributed by atoms with E-state index in [4.69, 9.17) is 0 Å². The van der Waals surface area contributed by atoms with E-state index in [9.17, 15) is 0 Å². The smallest absolute Gasteiger partial charge is 0.191 e. The Morgan fingerprint density at radius 3 is 2.76 bits per heavy atom. The Balaban J connectivity index is 1.67. The molecule has 2 N–H and O–H groups in total. The fourth-order valence-corrected chi connectivity index (χ4v) is 3.60. The van der Waals surface area contributed by atoms with Crippen LogP contribution in [0.1, 0.15) is 27.6 Å². The van der Waals surface area contributed by atoms with E-state index in [1.807, 2.05) is 6.92 Å². The molecule has 2 aromatic rings. The van der Waals surface area contributed by atoms with Crippen molar-refractivity contribution < 1.29 is 0 Å². The number of nitrogens with one attached hydrogen (secondary N) is 2. The number of hydrogen-bond donors (Lipinski definition) is 2. The molecule has 0 unspecified atom stereocenters. The van der Waals surface area contributed by atoms with Crippen LogP contribution in [0.2, 0.25) is 0 Å². The highest BCUT2D eigenvalue weighted by Crippen LogP contribution is 2.14. The molecule has 0 fully saturated rings. The van der Waals surface area contributed by atoms with Gasteiger partial charge < -0.3 is 10.6 Å². The number of aliphatic imine (C=N–C) groups is 1. The van der Waals surface area contributed by atoms with Gasteiger partial charge in [0.25, 0.3) is 0 Å². The van der Waals surface area contributed by atoms with Crippen molar-refractivity contribution in [1.82, 2.24) is 15.6 Å². The van der Waals surface area contributed by atoms with E-state index in [1.165, 1.54) is 15.4 Å². The molecule has 0 amide bonds. The van der Waals surface area contributed by atoms with E-state index < -0.39 is 0 Å². The Kier molecular flexibility index (Phi) is 6.20. The van der Waals surface area contributed by atoms with Crippen molar-refractivity contribution in [3.05, 3.63) is 38.0 Å². The summed E-state index contributed by atoms with van der Waals surface area (Å²) >= 11 is 3.52. The first-order valence-corrected chi connectivity index (χ1v) is 8.83. The van der Waals surface area contributed by atoms with E-state index in [1.54, 1.807) is 29.7 Å². The fraction of sp³-hybridized carbons (Fsp3) is 0.467. The number of nitrogens with zero attached hydrogens (tertiary/aromatic N) is 2. The van der Waals surface area contributed by atoms with Gasteiger partial charge >= 0.3 is 0 Å². The minimum atomic E-state index is 0.828.